The Kier molecular flexibility index (Phi) is 19.2. The molecule has 6 rings (SSSR count). The molecule has 1 heterocycles. The van der Waals surface area contributed by atoms with Gasteiger partial charge in [-0.2, -0.15) is 0 Å². The number of phenolic OH excluding ortho intramolecular Hbond substituents is 2. The molecular weight excluding hydrogens is 1010 g/mol. The number of aliphatic hydroxyl groups is 1. The predicted molar refractivity (Wildman–Crippen MR) is 270 cm³/mol. The number of nitrogens with zero attached hydrogens (tertiary/aromatic N) is 3. The van der Waals surface area contributed by atoms with Gasteiger partial charge in [0, 0.05) is 87.6 Å². The van der Waals surface area contributed by atoms with Gasteiger partial charge in [0.1, 0.15) is 35.3 Å². The summed E-state index contributed by atoms with van der Waals surface area (Å²) < 4.78 is 30.9. The minimum absolute atomic E-state index is 0.0378. The van der Waals surface area contributed by atoms with Crippen LogP contribution in [0.25, 0.3) is 0 Å². The third-order valence-electron chi connectivity index (χ3n) is 13.3. The maximum absolute atomic E-state index is 15.1. The number of Topliss-reactive ketones (excluding diaryl/α,β-unsaturated/α-hetero) is 1. The molecule has 0 saturated carbocycles. The lowest BCUT2D eigenvalue weighted by atomic mass is 9.73. The number of anilines is 1. The van der Waals surface area contributed by atoms with Crippen LogP contribution >= 0.6 is 0 Å². The molecule has 8 N–H and O–H groups in total. The normalized spacial score (nSPS) is 15.9. The first-order valence-electron chi connectivity index (χ1n) is 24.6. The smallest absolute Gasteiger partial charge is 0.409 e. The van der Waals surface area contributed by atoms with E-state index in [9.17, 15) is 63.3 Å². The average molecular weight is 1070 g/mol. The number of nitrogens with two attached hydrogens (primary N) is 1. The van der Waals surface area contributed by atoms with Crippen molar-refractivity contribution >= 4 is 64.9 Å². The van der Waals surface area contributed by atoms with Crippen LogP contribution in [0.4, 0.5) is 24.5 Å². The molecule has 24 heteroatoms. The number of primary amides is 1. The van der Waals surface area contributed by atoms with Crippen molar-refractivity contribution in [2.45, 2.75) is 70.0 Å². The second-order valence-electron chi connectivity index (χ2n) is 18.6. The van der Waals surface area contributed by atoms with Crippen LogP contribution in [0.1, 0.15) is 93.5 Å². The largest absolute Gasteiger partial charge is 0.507 e. The van der Waals surface area contributed by atoms with Crippen LogP contribution in [0.3, 0.4) is 0 Å². The Labute approximate surface area is 441 Å². The van der Waals surface area contributed by atoms with E-state index in [0.29, 0.717) is 30.5 Å². The Balaban J connectivity index is 0.922. The molecule has 2 unspecified atom stereocenters. The van der Waals surface area contributed by atoms with E-state index < -0.39 is 107 Å². The lowest BCUT2D eigenvalue weighted by Crippen LogP contribution is -2.47. The lowest BCUT2D eigenvalue weighted by molar-refractivity contribution is -0.142. The number of unbranched alkanes of at least 4 members (excludes halogenated alkanes) is 2. The number of rotatable bonds is 24. The fraction of sp³-hybridized carbons (Fsp3) is 0.396. The molecule has 1 aliphatic heterocycles. The zero-order valence-electron chi connectivity index (χ0n) is 42.6. The summed E-state index contributed by atoms with van der Waals surface area (Å²) in [6.45, 7) is -1.30. The Morgan fingerprint density at radius 1 is 0.831 bits per heavy atom. The zero-order chi connectivity index (χ0) is 56.1. The van der Waals surface area contributed by atoms with Crippen molar-refractivity contribution in [1.29, 1.82) is 0 Å². The fourth-order valence-electron chi connectivity index (χ4n) is 8.85. The number of likely N-dealkylation sites (N-methyl/N-ethyl adjacent to an activating group) is 2. The fourth-order valence-corrected chi connectivity index (χ4v) is 8.85. The van der Waals surface area contributed by atoms with Crippen molar-refractivity contribution in [3.05, 3.63) is 105 Å². The molecule has 0 radical (unpaired) electrons. The number of nitrogens with one attached hydrogen (secondary N) is 3. The molecule has 8 amide bonds. The van der Waals surface area contributed by atoms with Gasteiger partial charge in [-0.15, -0.1) is 0 Å². The van der Waals surface area contributed by atoms with Gasteiger partial charge in [-0.1, -0.05) is 30.7 Å². The van der Waals surface area contributed by atoms with Crippen LogP contribution in [-0.4, -0.2) is 155 Å². The standard InChI is InChI=1S/C53H60FN7O16/c1-59(23-24-60(2)52(73)77-29-38(62)53(74)20-19-34-36(26-53)47(68)43-44(45(34)66)48(69)42-35(46(43)67)10-7-11-37(42)75-3)51(72)76-28-30-13-15-33(16-14-30)58-49(70)31(9-8-21-56-50(55)71)25-32(54)27-57-39(63)12-5-4-6-22-61-40(64)17-18-41(61)65/h7,10-11,13-18,25,31,66,68,74H,4-6,8-9,12,19-24,26-29H2,1-3H3,(H,57,63)(H,58,70)(H3,55,56,71). The molecule has 0 fully saturated rings. The van der Waals surface area contributed by atoms with E-state index in [1.165, 1.54) is 68.6 Å². The van der Waals surface area contributed by atoms with Crippen LogP contribution in [0.5, 0.6) is 17.2 Å². The number of carbonyl (C=O) groups is 10. The number of fused-ring (bicyclic) bond motifs is 3. The third-order valence-corrected chi connectivity index (χ3v) is 13.3. The Bertz CT molecular complexity index is 2890. The number of urea groups is 1. The minimum Gasteiger partial charge on any atom is -0.507 e. The quantitative estimate of drug-likeness (QED) is 0.0300. The second kappa shape index (κ2) is 25.7. The molecule has 23 nitrogen and oxygen atoms in total. The van der Waals surface area contributed by atoms with Gasteiger partial charge >= 0.3 is 18.2 Å². The summed E-state index contributed by atoms with van der Waals surface area (Å²) in [6, 6.07) is 9.81. The molecule has 77 heavy (non-hydrogen) atoms. The number of imide groups is 1. The number of aromatic hydroxyl groups is 2. The highest BCUT2D eigenvalue weighted by Gasteiger charge is 2.46. The van der Waals surface area contributed by atoms with Gasteiger partial charge in [-0.05, 0) is 68.4 Å². The molecule has 2 atom stereocenters. The summed E-state index contributed by atoms with van der Waals surface area (Å²) in [5.41, 5.74) is 2.76. The van der Waals surface area contributed by atoms with Crippen molar-refractivity contribution in [3.63, 3.8) is 0 Å². The van der Waals surface area contributed by atoms with E-state index in [1.54, 1.807) is 12.1 Å². The average Bonchev–Trinajstić information content (AvgIpc) is 3.73. The number of hydrogen-bond donors (Lipinski definition) is 7. The number of methoxy groups -OCH3 is 1. The molecule has 0 saturated heterocycles. The van der Waals surface area contributed by atoms with Crippen molar-refractivity contribution in [2.24, 2.45) is 11.7 Å². The number of phenols is 2. The van der Waals surface area contributed by atoms with E-state index in [4.69, 9.17) is 19.9 Å². The monoisotopic (exact) mass is 1070 g/mol. The number of halogens is 1. The molecule has 3 aromatic carbocycles. The maximum Gasteiger partial charge on any atom is 0.409 e. The molecule has 410 valence electrons. The van der Waals surface area contributed by atoms with Crippen LogP contribution < -0.4 is 26.4 Å². The first-order valence-corrected chi connectivity index (χ1v) is 24.6. The number of benzene rings is 3. The first kappa shape index (κ1) is 57.6. The Hall–Kier alpha value is -8.67. The highest BCUT2D eigenvalue weighted by Crippen LogP contribution is 2.48. The maximum atomic E-state index is 15.1. The number of carbonyl (C=O) groups excluding carboxylic acids is 10. The molecule has 0 aromatic heterocycles. The predicted octanol–water partition coefficient (Wildman–Crippen LogP) is 3.47. The summed E-state index contributed by atoms with van der Waals surface area (Å²) in [7, 11) is 4.09. The number of amides is 8. The van der Waals surface area contributed by atoms with E-state index in [1.807, 2.05) is 0 Å². The third kappa shape index (κ3) is 14.2. The second-order valence-corrected chi connectivity index (χ2v) is 18.6. The lowest BCUT2D eigenvalue weighted by Gasteiger charge is -2.34. The molecular formula is C53H60FN7O16. The minimum atomic E-state index is -2.19. The number of ether oxygens (including phenoxy) is 3. The van der Waals surface area contributed by atoms with Gasteiger partial charge in [0.25, 0.3) is 11.8 Å². The number of ketones is 3. The first-order chi connectivity index (χ1) is 36.6. The molecule has 0 bridgehead atoms. The van der Waals surface area contributed by atoms with Crippen LogP contribution in [0.15, 0.2) is 66.5 Å². The highest BCUT2D eigenvalue weighted by atomic mass is 19.1. The SMILES string of the molecule is COc1cccc2c1C(=O)c1c(O)c3c(c(O)c1C2=O)CC(O)(C(=O)COC(=O)N(C)CCN(C)C(=O)OCc1ccc(NC(=O)C(C=C(F)CNC(=O)CCCCCN2C(=O)C=CC2=O)CCCNC(N)=O)cc1)CC3. The van der Waals surface area contributed by atoms with E-state index >= 15 is 4.39 Å². The van der Waals surface area contributed by atoms with Gasteiger partial charge in [-0.25, -0.2) is 18.8 Å². The zero-order valence-corrected chi connectivity index (χ0v) is 42.6. The Morgan fingerprint density at radius 3 is 2.14 bits per heavy atom. The van der Waals surface area contributed by atoms with E-state index in [-0.39, 0.29) is 105 Å². The summed E-state index contributed by atoms with van der Waals surface area (Å²) in [6.07, 6.45) is 2.67. The van der Waals surface area contributed by atoms with E-state index in [2.05, 4.69) is 16.0 Å². The van der Waals surface area contributed by atoms with Crippen LogP contribution in [0, 0.1) is 5.92 Å². The van der Waals surface area contributed by atoms with Crippen LogP contribution in [-0.2, 0) is 52.9 Å². The summed E-state index contributed by atoms with van der Waals surface area (Å²) >= 11 is 0. The summed E-state index contributed by atoms with van der Waals surface area (Å²) in [5, 5.41) is 41.6. The van der Waals surface area contributed by atoms with Crippen LogP contribution in [0.2, 0.25) is 0 Å². The summed E-state index contributed by atoms with van der Waals surface area (Å²) in [5.74, 6) is -7.13. The van der Waals surface area contributed by atoms with Gasteiger partial charge in [-0.3, -0.25) is 38.5 Å². The molecule has 0 spiro atoms. The molecule has 3 aromatic rings. The number of hydrogen-bond acceptors (Lipinski definition) is 16. The van der Waals surface area contributed by atoms with Crippen molar-refractivity contribution in [3.8, 4) is 17.2 Å². The van der Waals surface area contributed by atoms with Crippen molar-refractivity contribution in [2.75, 3.05) is 65.9 Å². The van der Waals surface area contributed by atoms with E-state index in [0.717, 1.165) is 15.9 Å². The molecule has 2 aliphatic carbocycles. The van der Waals surface area contributed by atoms with Gasteiger partial charge in [0.2, 0.25) is 23.4 Å². The summed E-state index contributed by atoms with van der Waals surface area (Å²) in [4.78, 5) is 130. The topological polar surface area (TPSA) is 331 Å². The molecule has 3 aliphatic rings. The highest BCUT2D eigenvalue weighted by molar-refractivity contribution is 6.31. The van der Waals surface area contributed by atoms with Crippen molar-refractivity contribution in [1.82, 2.24) is 25.3 Å². The van der Waals surface area contributed by atoms with Gasteiger partial charge in [0.15, 0.2) is 12.4 Å². The van der Waals surface area contributed by atoms with Crippen molar-refractivity contribution < 1.29 is 81.9 Å². The Morgan fingerprint density at radius 2 is 1.48 bits per heavy atom. The van der Waals surface area contributed by atoms with Gasteiger partial charge < -0.3 is 61.0 Å². The van der Waals surface area contributed by atoms with Gasteiger partial charge in [0.05, 0.1) is 36.3 Å².